The molecular formula is C16H14N4O4. The van der Waals surface area contributed by atoms with Gasteiger partial charge in [-0.2, -0.15) is 0 Å². The van der Waals surface area contributed by atoms with Crippen LogP contribution in [0.4, 0.5) is 17.1 Å². The minimum atomic E-state index is -0.640. The Kier molecular flexibility index (Phi) is 3.64. The third-order valence-corrected chi connectivity index (χ3v) is 3.80. The SMILES string of the molecule is CN(C)c1ccc(-c2cc3c([N+](=O)[O-])cc([N+](=O)[O-])cc3[nH]2)cc1. The van der Waals surface area contributed by atoms with Crippen molar-refractivity contribution in [3.63, 3.8) is 0 Å². The van der Waals surface area contributed by atoms with Gasteiger partial charge in [0.1, 0.15) is 0 Å². The molecule has 0 unspecified atom stereocenters. The number of hydrogen-bond donors (Lipinski definition) is 1. The summed E-state index contributed by atoms with van der Waals surface area (Å²) in [5.41, 5.74) is 2.30. The molecule has 0 saturated heterocycles. The molecule has 2 aromatic carbocycles. The van der Waals surface area contributed by atoms with E-state index in [9.17, 15) is 20.2 Å². The topological polar surface area (TPSA) is 105 Å². The van der Waals surface area contributed by atoms with Gasteiger partial charge in [-0.15, -0.1) is 0 Å². The van der Waals surface area contributed by atoms with Gasteiger partial charge in [-0.1, -0.05) is 12.1 Å². The average Bonchev–Trinajstić information content (AvgIpc) is 2.97. The van der Waals surface area contributed by atoms with Gasteiger partial charge in [-0.05, 0) is 23.8 Å². The van der Waals surface area contributed by atoms with Crippen molar-refractivity contribution in [2.24, 2.45) is 0 Å². The van der Waals surface area contributed by atoms with E-state index >= 15 is 0 Å². The fourth-order valence-corrected chi connectivity index (χ4v) is 2.55. The Labute approximate surface area is 136 Å². The van der Waals surface area contributed by atoms with Gasteiger partial charge in [0.25, 0.3) is 11.4 Å². The Morgan fingerprint density at radius 1 is 0.958 bits per heavy atom. The van der Waals surface area contributed by atoms with Gasteiger partial charge in [-0.25, -0.2) is 0 Å². The van der Waals surface area contributed by atoms with E-state index < -0.39 is 9.85 Å². The number of nitro groups is 2. The van der Waals surface area contributed by atoms with Crippen molar-refractivity contribution < 1.29 is 9.85 Å². The molecule has 0 fully saturated rings. The molecular weight excluding hydrogens is 312 g/mol. The molecule has 3 aromatic rings. The monoisotopic (exact) mass is 326 g/mol. The third kappa shape index (κ3) is 2.65. The highest BCUT2D eigenvalue weighted by atomic mass is 16.6. The van der Waals surface area contributed by atoms with Crippen LogP contribution in [0.5, 0.6) is 0 Å². The lowest BCUT2D eigenvalue weighted by Gasteiger charge is -2.12. The van der Waals surface area contributed by atoms with Crippen LogP contribution in [0.1, 0.15) is 0 Å². The normalized spacial score (nSPS) is 10.8. The molecule has 0 aliphatic rings. The van der Waals surface area contributed by atoms with Crippen molar-refractivity contribution in [2.45, 2.75) is 0 Å². The first-order chi connectivity index (χ1) is 11.4. The predicted molar refractivity (Wildman–Crippen MR) is 91.4 cm³/mol. The molecule has 0 amide bonds. The van der Waals surface area contributed by atoms with Gasteiger partial charge in [0.05, 0.1) is 26.8 Å². The zero-order valence-corrected chi connectivity index (χ0v) is 13.0. The van der Waals surface area contributed by atoms with Crippen LogP contribution >= 0.6 is 0 Å². The van der Waals surface area contributed by atoms with Crippen LogP contribution in [0.25, 0.3) is 22.2 Å². The van der Waals surface area contributed by atoms with E-state index in [1.54, 1.807) is 6.07 Å². The van der Waals surface area contributed by atoms with E-state index in [0.29, 0.717) is 16.6 Å². The number of benzene rings is 2. The first kappa shape index (κ1) is 15.5. The summed E-state index contributed by atoms with van der Waals surface area (Å²) in [5.74, 6) is 0. The van der Waals surface area contributed by atoms with Crippen molar-refractivity contribution in [1.29, 1.82) is 0 Å². The number of fused-ring (bicyclic) bond motifs is 1. The van der Waals surface area contributed by atoms with E-state index in [-0.39, 0.29) is 11.4 Å². The second kappa shape index (κ2) is 5.65. The molecule has 8 nitrogen and oxygen atoms in total. The van der Waals surface area contributed by atoms with E-state index in [0.717, 1.165) is 17.3 Å². The number of rotatable bonds is 4. The van der Waals surface area contributed by atoms with Crippen LogP contribution in [-0.2, 0) is 0 Å². The molecule has 3 rings (SSSR count). The van der Waals surface area contributed by atoms with Crippen LogP contribution in [0.2, 0.25) is 0 Å². The number of anilines is 1. The summed E-state index contributed by atoms with van der Waals surface area (Å²) < 4.78 is 0. The third-order valence-electron chi connectivity index (χ3n) is 3.80. The summed E-state index contributed by atoms with van der Waals surface area (Å²) in [4.78, 5) is 25.9. The largest absolute Gasteiger partial charge is 0.378 e. The van der Waals surface area contributed by atoms with Gasteiger partial charge in [0.15, 0.2) is 0 Å². The van der Waals surface area contributed by atoms with Crippen LogP contribution in [-0.4, -0.2) is 28.9 Å². The number of H-pyrrole nitrogens is 1. The maximum Gasteiger partial charge on any atom is 0.285 e. The quantitative estimate of drug-likeness (QED) is 0.581. The fourth-order valence-electron chi connectivity index (χ4n) is 2.55. The van der Waals surface area contributed by atoms with E-state index in [1.807, 2.05) is 43.3 Å². The van der Waals surface area contributed by atoms with E-state index in [2.05, 4.69) is 4.98 Å². The second-order valence-corrected chi connectivity index (χ2v) is 5.56. The smallest absolute Gasteiger partial charge is 0.285 e. The molecule has 1 aromatic heterocycles. The van der Waals surface area contributed by atoms with Crippen molar-refractivity contribution >= 4 is 28.0 Å². The first-order valence-corrected chi connectivity index (χ1v) is 7.10. The summed E-state index contributed by atoms with van der Waals surface area (Å²) in [7, 11) is 3.86. The highest BCUT2D eigenvalue weighted by molar-refractivity contribution is 5.94. The molecule has 0 radical (unpaired) electrons. The van der Waals surface area contributed by atoms with Crippen LogP contribution < -0.4 is 4.90 Å². The lowest BCUT2D eigenvalue weighted by Crippen LogP contribution is -2.07. The Balaban J connectivity index is 2.15. The Bertz CT molecular complexity index is 945. The molecule has 1 N–H and O–H groups in total. The Hall–Kier alpha value is -3.42. The molecule has 0 bridgehead atoms. The van der Waals surface area contributed by atoms with Crippen LogP contribution in [0.3, 0.4) is 0 Å². The molecule has 0 aliphatic carbocycles. The summed E-state index contributed by atoms with van der Waals surface area (Å²) in [5, 5.41) is 22.5. The number of nitrogens with one attached hydrogen (secondary N) is 1. The van der Waals surface area contributed by atoms with Gasteiger partial charge in [-0.3, -0.25) is 20.2 Å². The second-order valence-electron chi connectivity index (χ2n) is 5.56. The highest BCUT2D eigenvalue weighted by Gasteiger charge is 2.21. The van der Waals surface area contributed by atoms with Crippen molar-refractivity contribution in [2.75, 3.05) is 19.0 Å². The summed E-state index contributed by atoms with van der Waals surface area (Å²) in [6.45, 7) is 0. The molecule has 0 atom stereocenters. The molecule has 1 heterocycles. The lowest BCUT2D eigenvalue weighted by molar-refractivity contribution is -0.393. The zero-order valence-electron chi connectivity index (χ0n) is 13.0. The van der Waals surface area contributed by atoms with E-state index in [1.165, 1.54) is 6.07 Å². The molecule has 0 spiro atoms. The number of aromatic nitrogens is 1. The summed E-state index contributed by atoms with van der Waals surface area (Å²) >= 11 is 0. The summed E-state index contributed by atoms with van der Waals surface area (Å²) in [6, 6.07) is 11.6. The van der Waals surface area contributed by atoms with E-state index in [4.69, 9.17) is 0 Å². The van der Waals surface area contributed by atoms with Crippen molar-refractivity contribution in [3.8, 4) is 11.3 Å². The zero-order chi connectivity index (χ0) is 17.4. The minimum Gasteiger partial charge on any atom is -0.378 e. The highest BCUT2D eigenvalue weighted by Crippen LogP contribution is 2.34. The Morgan fingerprint density at radius 2 is 1.62 bits per heavy atom. The molecule has 24 heavy (non-hydrogen) atoms. The van der Waals surface area contributed by atoms with Crippen LogP contribution in [0.15, 0.2) is 42.5 Å². The number of nitrogens with zero attached hydrogens (tertiary/aromatic N) is 3. The van der Waals surface area contributed by atoms with Gasteiger partial charge in [0.2, 0.25) is 0 Å². The number of aromatic amines is 1. The van der Waals surface area contributed by atoms with Gasteiger partial charge >= 0.3 is 0 Å². The Morgan fingerprint density at radius 3 is 2.17 bits per heavy atom. The number of nitro benzene ring substituents is 2. The van der Waals surface area contributed by atoms with Gasteiger partial charge in [0, 0.05) is 31.5 Å². The fraction of sp³-hybridized carbons (Fsp3) is 0.125. The van der Waals surface area contributed by atoms with Crippen molar-refractivity contribution in [3.05, 3.63) is 62.7 Å². The number of hydrogen-bond acceptors (Lipinski definition) is 5. The average molecular weight is 326 g/mol. The molecule has 8 heteroatoms. The molecule has 0 aliphatic heterocycles. The van der Waals surface area contributed by atoms with Crippen molar-refractivity contribution in [1.82, 2.24) is 4.98 Å². The first-order valence-electron chi connectivity index (χ1n) is 7.10. The maximum atomic E-state index is 11.2. The lowest BCUT2D eigenvalue weighted by atomic mass is 10.1. The molecule has 122 valence electrons. The predicted octanol–water partition coefficient (Wildman–Crippen LogP) is 3.72. The minimum absolute atomic E-state index is 0.286. The van der Waals surface area contributed by atoms with Crippen LogP contribution in [0, 0.1) is 20.2 Å². The van der Waals surface area contributed by atoms with Gasteiger partial charge < -0.3 is 9.88 Å². The molecule has 0 saturated carbocycles. The summed E-state index contributed by atoms with van der Waals surface area (Å²) in [6.07, 6.45) is 0. The number of non-ortho nitro benzene ring substituents is 2. The standard InChI is InChI=1S/C16H14N4O4/c1-18(2)11-5-3-10(4-6-11)14-9-13-15(17-14)7-12(19(21)22)8-16(13)20(23)24/h3-9,17H,1-2H3. The maximum absolute atomic E-state index is 11.2.